The number of hydrogen-bond acceptors (Lipinski definition) is 4. The molecule has 1 unspecified atom stereocenters. The molecule has 2 aliphatic heterocycles. The smallest absolute Gasteiger partial charge is 0.270 e. The number of carbonyl (C=O) groups is 2. The van der Waals surface area contributed by atoms with E-state index in [-0.39, 0.29) is 16.2 Å². The Kier molecular flexibility index (Phi) is 5.45. The highest BCUT2D eigenvalue weighted by atomic mass is 32.1. The number of para-hydroxylation sites is 1. The zero-order valence-corrected chi connectivity index (χ0v) is 20.3. The Labute approximate surface area is 195 Å². The number of carbonyl (C=O) groups excluding carboxylic acids is 2. The van der Waals surface area contributed by atoms with Crippen LogP contribution < -0.4 is 15.1 Å². The van der Waals surface area contributed by atoms with Crippen LogP contribution in [-0.2, 0) is 9.59 Å². The van der Waals surface area contributed by atoms with Gasteiger partial charge in [0.05, 0.1) is 5.69 Å². The van der Waals surface area contributed by atoms with Crippen LogP contribution in [0.15, 0.2) is 42.0 Å². The molecule has 0 aromatic heterocycles. The molecule has 0 aliphatic carbocycles. The molecule has 2 aliphatic rings. The van der Waals surface area contributed by atoms with Crippen LogP contribution in [0.4, 0.5) is 11.4 Å². The third-order valence-electron chi connectivity index (χ3n) is 6.78. The van der Waals surface area contributed by atoms with E-state index < -0.39 is 11.8 Å². The van der Waals surface area contributed by atoms with Crippen LogP contribution in [0.1, 0.15) is 55.4 Å². The van der Waals surface area contributed by atoms with Crippen molar-refractivity contribution < 1.29 is 9.59 Å². The van der Waals surface area contributed by atoms with Crippen LogP contribution in [0.5, 0.6) is 0 Å². The summed E-state index contributed by atoms with van der Waals surface area (Å²) >= 11 is 5.34. The second-order valence-electron chi connectivity index (χ2n) is 9.49. The maximum Gasteiger partial charge on any atom is 0.270 e. The number of fused-ring (bicyclic) bond motifs is 1. The van der Waals surface area contributed by atoms with Gasteiger partial charge in [0.2, 0.25) is 0 Å². The summed E-state index contributed by atoms with van der Waals surface area (Å²) in [4.78, 5) is 29.9. The van der Waals surface area contributed by atoms with Crippen LogP contribution in [-0.4, -0.2) is 29.5 Å². The van der Waals surface area contributed by atoms with Crippen molar-refractivity contribution in [1.82, 2.24) is 5.32 Å². The predicted octanol–water partition coefficient (Wildman–Crippen LogP) is 4.86. The molecule has 2 aromatic rings. The van der Waals surface area contributed by atoms with E-state index in [9.17, 15) is 9.59 Å². The van der Waals surface area contributed by atoms with Crippen molar-refractivity contribution in [2.45, 2.75) is 52.5 Å². The molecule has 0 spiro atoms. The molecule has 4 rings (SSSR count). The van der Waals surface area contributed by atoms with Gasteiger partial charge in [-0.15, -0.1) is 0 Å². The molecule has 1 fully saturated rings. The lowest BCUT2D eigenvalue weighted by atomic mass is 9.79. The molecule has 32 heavy (non-hydrogen) atoms. The first-order valence-corrected chi connectivity index (χ1v) is 11.3. The van der Waals surface area contributed by atoms with Gasteiger partial charge in [0.25, 0.3) is 11.8 Å². The van der Waals surface area contributed by atoms with Crippen LogP contribution >= 0.6 is 12.2 Å². The highest BCUT2D eigenvalue weighted by molar-refractivity contribution is 7.80. The highest BCUT2D eigenvalue weighted by Crippen LogP contribution is 2.43. The van der Waals surface area contributed by atoms with Crippen molar-refractivity contribution in [1.29, 1.82) is 0 Å². The fourth-order valence-corrected chi connectivity index (χ4v) is 5.01. The van der Waals surface area contributed by atoms with Crippen molar-refractivity contribution in [3.63, 3.8) is 0 Å². The molecule has 0 radical (unpaired) electrons. The summed E-state index contributed by atoms with van der Waals surface area (Å²) in [5.74, 6) is -0.495. The van der Waals surface area contributed by atoms with Crippen LogP contribution in [0, 0.1) is 13.8 Å². The lowest BCUT2D eigenvalue weighted by molar-refractivity contribution is -0.122. The largest absolute Gasteiger partial charge is 0.369 e. The predicted molar refractivity (Wildman–Crippen MR) is 134 cm³/mol. The van der Waals surface area contributed by atoms with Crippen molar-refractivity contribution in [2.24, 2.45) is 0 Å². The molecule has 6 heteroatoms. The maximum atomic E-state index is 13.4. The van der Waals surface area contributed by atoms with Gasteiger partial charge < -0.3 is 4.90 Å². The Morgan fingerprint density at radius 2 is 1.78 bits per heavy atom. The number of thiocarbonyl (C=S) groups is 1. The van der Waals surface area contributed by atoms with E-state index in [0.717, 1.165) is 23.1 Å². The van der Waals surface area contributed by atoms with Crippen LogP contribution in [0.3, 0.4) is 0 Å². The van der Waals surface area contributed by atoms with E-state index in [0.29, 0.717) is 11.6 Å². The van der Waals surface area contributed by atoms with Gasteiger partial charge in [-0.1, -0.05) is 25.1 Å². The summed E-state index contributed by atoms with van der Waals surface area (Å²) < 4.78 is 0. The molecule has 2 heterocycles. The topological polar surface area (TPSA) is 52.7 Å². The number of nitrogens with zero attached hydrogens (tertiary/aromatic N) is 2. The van der Waals surface area contributed by atoms with Gasteiger partial charge in [0, 0.05) is 18.3 Å². The molecule has 1 atom stereocenters. The number of rotatable bonds is 2. The molecular formula is C26H29N3O2S. The molecule has 0 saturated carbocycles. The number of nitrogens with one attached hydrogen (secondary N) is 1. The summed E-state index contributed by atoms with van der Waals surface area (Å²) in [5.41, 5.74) is 6.07. The molecule has 166 valence electrons. The normalized spacial score (nSPS) is 21.6. The van der Waals surface area contributed by atoms with E-state index in [2.05, 4.69) is 50.2 Å². The monoisotopic (exact) mass is 447 g/mol. The fourth-order valence-electron chi connectivity index (χ4n) is 4.74. The van der Waals surface area contributed by atoms with Gasteiger partial charge in [0.1, 0.15) is 5.57 Å². The number of aryl methyl sites for hydroxylation is 2. The lowest BCUT2D eigenvalue weighted by Gasteiger charge is -2.45. The Hall–Kier alpha value is -2.99. The van der Waals surface area contributed by atoms with Gasteiger partial charge in [-0.05, 0) is 98.8 Å². The van der Waals surface area contributed by atoms with Crippen molar-refractivity contribution in [3.05, 3.63) is 64.2 Å². The summed E-state index contributed by atoms with van der Waals surface area (Å²) in [6.45, 7) is 10.7. The first kappa shape index (κ1) is 22.2. The minimum atomic E-state index is -0.465. The Morgan fingerprint density at radius 3 is 2.47 bits per heavy atom. The minimum absolute atomic E-state index is 0.0712. The zero-order chi connectivity index (χ0) is 23.4. The van der Waals surface area contributed by atoms with Crippen molar-refractivity contribution in [3.8, 4) is 0 Å². The molecule has 5 nitrogen and oxygen atoms in total. The van der Waals surface area contributed by atoms with Crippen LogP contribution in [0.25, 0.3) is 6.08 Å². The SMILES string of the molecule is Cc1cc2c(cc1/C=C1\C(=O)NC(=S)N(c3ccccc3C)C1=O)C(C)CC(C)(C)N2C. The minimum Gasteiger partial charge on any atom is -0.369 e. The van der Waals surface area contributed by atoms with Crippen molar-refractivity contribution in [2.75, 3.05) is 16.8 Å². The van der Waals surface area contributed by atoms with Crippen molar-refractivity contribution >= 4 is 46.6 Å². The molecule has 1 saturated heterocycles. The fraction of sp³-hybridized carbons (Fsp3) is 0.346. The second kappa shape index (κ2) is 7.85. The van der Waals surface area contributed by atoms with E-state index in [1.165, 1.54) is 16.2 Å². The molecule has 0 bridgehead atoms. The first-order chi connectivity index (χ1) is 15.0. The first-order valence-electron chi connectivity index (χ1n) is 10.9. The Bertz CT molecular complexity index is 1180. The molecular weight excluding hydrogens is 418 g/mol. The van der Waals surface area contributed by atoms with Gasteiger partial charge in [-0.2, -0.15) is 0 Å². The third kappa shape index (κ3) is 3.62. The highest BCUT2D eigenvalue weighted by Gasteiger charge is 2.36. The number of anilines is 2. The summed E-state index contributed by atoms with van der Waals surface area (Å²) in [7, 11) is 2.13. The van der Waals surface area contributed by atoms with Gasteiger partial charge in [-0.25, -0.2) is 0 Å². The maximum absolute atomic E-state index is 13.4. The van der Waals surface area contributed by atoms with Crippen LogP contribution in [0.2, 0.25) is 0 Å². The van der Waals surface area contributed by atoms with E-state index in [1.807, 2.05) is 38.1 Å². The standard InChI is InChI=1S/C26H29N3O2S/c1-15-9-7-8-10-21(15)29-24(31)20(23(30)27-25(29)32)13-18-12-19-17(3)14-26(4,5)28(6)22(19)11-16(18)2/h7-13,17H,14H2,1-6H3,(H,27,30,32)/b20-13+. The van der Waals surface area contributed by atoms with Gasteiger partial charge in [-0.3, -0.25) is 19.8 Å². The van der Waals surface area contributed by atoms with E-state index >= 15 is 0 Å². The average Bonchev–Trinajstić information content (AvgIpc) is 2.71. The quantitative estimate of drug-likeness (QED) is 0.406. The van der Waals surface area contributed by atoms with E-state index in [1.54, 1.807) is 6.08 Å². The third-order valence-corrected chi connectivity index (χ3v) is 7.06. The summed E-state index contributed by atoms with van der Waals surface area (Å²) in [5, 5.41) is 2.79. The van der Waals surface area contributed by atoms with E-state index in [4.69, 9.17) is 12.2 Å². The molecule has 2 amide bonds. The van der Waals surface area contributed by atoms with Gasteiger partial charge >= 0.3 is 0 Å². The summed E-state index contributed by atoms with van der Waals surface area (Å²) in [6.07, 6.45) is 2.73. The molecule has 1 N–H and O–H groups in total. The number of amides is 2. The molecule has 2 aromatic carbocycles. The number of benzene rings is 2. The summed E-state index contributed by atoms with van der Waals surface area (Å²) in [6, 6.07) is 11.8. The zero-order valence-electron chi connectivity index (χ0n) is 19.4. The Morgan fingerprint density at radius 1 is 1.09 bits per heavy atom. The number of hydrogen-bond donors (Lipinski definition) is 1. The second-order valence-corrected chi connectivity index (χ2v) is 9.88. The Balaban J connectivity index is 1.79. The average molecular weight is 448 g/mol. The van der Waals surface area contributed by atoms with Gasteiger partial charge in [0.15, 0.2) is 5.11 Å². The lowest BCUT2D eigenvalue weighted by Crippen LogP contribution is -2.54.